The summed E-state index contributed by atoms with van der Waals surface area (Å²) in [5.41, 5.74) is 6.60. The largest absolute Gasteiger partial charge is 0.497 e. The van der Waals surface area contributed by atoms with Gasteiger partial charge in [0.1, 0.15) is 11.6 Å². The van der Waals surface area contributed by atoms with E-state index in [0.717, 1.165) is 30.5 Å². The molecule has 2 atom stereocenters. The number of nitrogens with one attached hydrogen (secondary N) is 2. The highest BCUT2D eigenvalue weighted by molar-refractivity contribution is 5.81. The second-order valence-electron chi connectivity index (χ2n) is 12.3. The molecule has 0 unspecified atom stereocenters. The third-order valence-corrected chi connectivity index (χ3v) is 7.92. The highest BCUT2D eigenvalue weighted by atomic mass is 19.4. The number of carbonyl (C=O) groups is 3. The number of rotatable bonds is 19. The van der Waals surface area contributed by atoms with Crippen molar-refractivity contribution in [3.05, 3.63) is 99.9 Å². The fraction of sp³-hybridized carbons (Fsp3) is 0.432. The van der Waals surface area contributed by atoms with Gasteiger partial charge in [-0.25, -0.2) is 4.39 Å². The summed E-state index contributed by atoms with van der Waals surface area (Å²) < 4.78 is 59.9. The quantitative estimate of drug-likeness (QED) is 0.136. The fourth-order valence-corrected chi connectivity index (χ4v) is 5.74. The number of ether oxygens (including phenoxy) is 1. The van der Waals surface area contributed by atoms with Crippen molar-refractivity contribution in [2.45, 2.75) is 77.2 Å². The van der Waals surface area contributed by atoms with E-state index in [0.29, 0.717) is 48.1 Å². The van der Waals surface area contributed by atoms with Gasteiger partial charge in [0, 0.05) is 26.2 Å². The average Bonchev–Trinajstić information content (AvgIpc) is 3.03. The normalized spacial score (nSPS) is 12.6. The number of nitrogens with zero attached hydrogens (tertiary/aromatic N) is 1. The van der Waals surface area contributed by atoms with Gasteiger partial charge in [-0.05, 0) is 77.4 Å². The van der Waals surface area contributed by atoms with Crippen LogP contribution in [0.1, 0.15) is 60.1 Å². The molecule has 5 N–H and O–H groups in total. The monoisotopic (exact) mass is 702 g/mol. The summed E-state index contributed by atoms with van der Waals surface area (Å²) in [7, 11) is 1.53. The first kappa shape index (κ1) is 39.9. The van der Waals surface area contributed by atoms with Crippen LogP contribution in [0.4, 0.5) is 17.6 Å². The molecule has 0 aliphatic heterocycles. The number of aliphatic hydroxyl groups excluding tert-OH is 1. The van der Waals surface area contributed by atoms with Crippen LogP contribution < -0.4 is 21.1 Å². The minimum absolute atomic E-state index is 0.0443. The summed E-state index contributed by atoms with van der Waals surface area (Å²) >= 11 is 0. The predicted molar refractivity (Wildman–Crippen MR) is 182 cm³/mol. The van der Waals surface area contributed by atoms with Crippen LogP contribution in [0.5, 0.6) is 5.75 Å². The Kier molecular flexibility index (Phi) is 15.2. The van der Waals surface area contributed by atoms with Crippen LogP contribution in [0, 0.1) is 5.82 Å². The van der Waals surface area contributed by atoms with Gasteiger partial charge in [-0.3, -0.25) is 14.4 Å². The first-order valence-electron chi connectivity index (χ1n) is 16.6. The number of hydrogen-bond acceptors (Lipinski definition) is 6. The van der Waals surface area contributed by atoms with Crippen LogP contribution in [0.3, 0.4) is 0 Å². The van der Waals surface area contributed by atoms with E-state index in [1.165, 1.54) is 7.11 Å². The molecule has 50 heavy (non-hydrogen) atoms. The molecule has 0 saturated heterocycles. The van der Waals surface area contributed by atoms with Crippen molar-refractivity contribution < 1.29 is 41.8 Å². The fourth-order valence-electron chi connectivity index (χ4n) is 5.74. The molecule has 0 fully saturated rings. The standard InChI is InChI=1S/C37H46F4N4O5/c1-4-9-45(10-5-2)36(49)20-27-12-25(18-34(42)47)11-26(13-27)19-35(48)44-32(17-28-14-29(37(39,40)41)21-30(38)15-28)33(46)23-43-22-24-7-6-8-31(16-24)50-3/h6-8,11-16,21,32-33,43,46H,4-5,9-10,17-20,22-23H2,1-3H3,(H2,42,47)(H,44,48)/t32-,33+/m0/s1. The molecule has 0 aromatic heterocycles. The van der Waals surface area contributed by atoms with Crippen LogP contribution in [-0.2, 0) is 52.8 Å². The Balaban J connectivity index is 1.84. The van der Waals surface area contributed by atoms with Gasteiger partial charge < -0.3 is 31.1 Å². The number of carbonyl (C=O) groups excluding carboxylic acids is 3. The van der Waals surface area contributed by atoms with Crippen molar-refractivity contribution >= 4 is 17.7 Å². The number of benzene rings is 3. The summed E-state index contributed by atoms with van der Waals surface area (Å²) in [6, 6.07) is 13.2. The second-order valence-corrected chi connectivity index (χ2v) is 12.3. The number of alkyl halides is 3. The topological polar surface area (TPSA) is 134 Å². The Labute approximate surface area is 290 Å². The summed E-state index contributed by atoms with van der Waals surface area (Å²) in [5.74, 6) is -1.75. The highest BCUT2D eigenvalue weighted by Gasteiger charge is 2.32. The Hall–Kier alpha value is -4.49. The van der Waals surface area contributed by atoms with E-state index in [9.17, 15) is 37.1 Å². The van der Waals surface area contributed by atoms with Gasteiger partial charge in [0.2, 0.25) is 17.7 Å². The zero-order chi connectivity index (χ0) is 36.8. The second kappa shape index (κ2) is 19.0. The van der Waals surface area contributed by atoms with Gasteiger partial charge in [-0.15, -0.1) is 0 Å². The third-order valence-electron chi connectivity index (χ3n) is 7.92. The van der Waals surface area contributed by atoms with Crippen molar-refractivity contribution in [2.24, 2.45) is 5.73 Å². The third kappa shape index (κ3) is 13.1. The lowest BCUT2D eigenvalue weighted by Crippen LogP contribution is -2.49. The first-order valence-corrected chi connectivity index (χ1v) is 16.6. The van der Waals surface area contributed by atoms with Gasteiger partial charge in [0.25, 0.3) is 0 Å². The number of nitrogens with two attached hydrogens (primary N) is 1. The zero-order valence-electron chi connectivity index (χ0n) is 28.6. The van der Waals surface area contributed by atoms with Gasteiger partial charge in [-0.1, -0.05) is 44.2 Å². The minimum Gasteiger partial charge on any atom is -0.497 e. The summed E-state index contributed by atoms with van der Waals surface area (Å²) in [4.78, 5) is 40.1. The van der Waals surface area contributed by atoms with E-state index >= 15 is 0 Å². The molecule has 0 saturated carbocycles. The molecule has 3 rings (SSSR count). The molecule has 0 heterocycles. The molecule has 3 amide bonds. The van der Waals surface area contributed by atoms with E-state index in [1.807, 2.05) is 19.9 Å². The van der Waals surface area contributed by atoms with Crippen LogP contribution in [0.2, 0.25) is 0 Å². The van der Waals surface area contributed by atoms with Crippen LogP contribution in [-0.4, -0.2) is 66.6 Å². The average molecular weight is 703 g/mol. The molecular formula is C37H46F4N4O5. The molecule has 13 heteroatoms. The Morgan fingerprint density at radius 3 is 2.12 bits per heavy atom. The summed E-state index contributed by atoms with van der Waals surface area (Å²) in [6.45, 7) is 5.40. The molecule has 0 spiro atoms. The first-order chi connectivity index (χ1) is 23.7. The minimum atomic E-state index is -4.80. The molecule has 272 valence electrons. The maximum atomic E-state index is 14.3. The molecule has 3 aromatic carbocycles. The highest BCUT2D eigenvalue weighted by Crippen LogP contribution is 2.31. The lowest BCUT2D eigenvalue weighted by Gasteiger charge is -2.25. The predicted octanol–water partition coefficient (Wildman–Crippen LogP) is 4.49. The number of halogens is 4. The Bertz CT molecular complexity index is 1590. The molecule has 9 nitrogen and oxygen atoms in total. The smallest absolute Gasteiger partial charge is 0.416 e. The number of amides is 3. The van der Waals surface area contributed by atoms with Crippen LogP contribution >= 0.6 is 0 Å². The summed E-state index contributed by atoms with van der Waals surface area (Å²) in [6.07, 6.45) is -5.13. The van der Waals surface area contributed by atoms with E-state index < -0.39 is 41.5 Å². The maximum Gasteiger partial charge on any atom is 0.416 e. The maximum absolute atomic E-state index is 14.3. The van der Waals surface area contributed by atoms with Crippen molar-refractivity contribution in [2.75, 3.05) is 26.7 Å². The van der Waals surface area contributed by atoms with E-state index in [-0.39, 0.29) is 43.7 Å². The van der Waals surface area contributed by atoms with Gasteiger partial charge in [0.15, 0.2) is 0 Å². The van der Waals surface area contributed by atoms with E-state index in [2.05, 4.69) is 10.6 Å². The van der Waals surface area contributed by atoms with Crippen molar-refractivity contribution in [1.82, 2.24) is 15.5 Å². The van der Waals surface area contributed by atoms with Crippen molar-refractivity contribution in [3.8, 4) is 5.75 Å². The zero-order valence-corrected chi connectivity index (χ0v) is 28.6. The number of primary amides is 1. The molecular weight excluding hydrogens is 656 g/mol. The Morgan fingerprint density at radius 2 is 1.52 bits per heavy atom. The van der Waals surface area contributed by atoms with Crippen molar-refractivity contribution in [3.63, 3.8) is 0 Å². The van der Waals surface area contributed by atoms with Gasteiger partial charge >= 0.3 is 6.18 Å². The number of aliphatic hydroxyl groups is 1. The lowest BCUT2D eigenvalue weighted by atomic mass is 9.97. The molecule has 0 bridgehead atoms. The molecule has 0 radical (unpaired) electrons. The molecule has 3 aromatic rings. The van der Waals surface area contributed by atoms with E-state index in [4.69, 9.17) is 10.5 Å². The van der Waals surface area contributed by atoms with Crippen molar-refractivity contribution in [1.29, 1.82) is 0 Å². The number of methoxy groups -OCH3 is 1. The molecule has 0 aliphatic carbocycles. The summed E-state index contributed by atoms with van der Waals surface area (Å²) in [5, 5.41) is 17.0. The Morgan fingerprint density at radius 1 is 0.880 bits per heavy atom. The van der Waals surface area contributed by atoms with E-state index in [1.54, 1.807) is 41.3 Å². The van der Waals surface area contributed by atoms with Crippen LogP contribution in [0.15, 0.2) is 60.7 Å². The van der Waals surface area contributed by atoms with Gasteiger partial charge in [-0.2, -0.15) is 13.2 Å². The molecule has 0 aliphatic rings. The SMILES string of the molecule is CCCN(CCC)C(=O)Cc1cc(CC(N)=O)cc(CC(=O)N[C@@H](Cc2cc(F)cc(C(F)(F)F)c2)[C@H](O)CNCc2cccc(OC)c2)c1. The van der Waals surface area contributed by atoms with Crippen LogP contribution in [0.25, 0.3) is 0 Å². The number of hydrogen-bond donors (Lipinski definition) is 4. The lowest BCUT2D eigenvalue weighted by molar-refractivity contribution is -0.138. The van der Waals surface area contributed by atoms with Gasteiger partial charge in [0.05, 0.1) is 44.1 Å².